The first kappa shape index (κ1) is 8.30. The summed E-state index contributed by atoms with van der Waals surface area (Å²) in [5.74, 6) is 0.880. The quantitative estimate of drug-likeness (QED) is 0.641. The fourth-order valence-electron chi connectivity index (χ4n) is 1.50. The maximum Gasteiger partial charge on any atom is 0.119 e. The van der Waals surface area contributed by atoms with Crippen molar-refractivity contribution in [2.45, 2.75) is 19.3 Å². The highest BCUT2D eigenvalue weighted by Crippen LogP contribution is 2.38. The van der Waals surface area contributed by atoms with Gasteiger partial charge < -0.3 is 4.74 Å². The van der Waals surface area contributed by atoms with Crippen LogP contribution in [0.15, 0.2) is 23.2 Å². The van der Waals surface area contributed by atoms with E-state index in [-0.39, 0.29) is 5.41 Å². The summed E-state index contributed by atoms with van der Waals surface area (Å²) in [7, 11) is 1.67. The van der Waals surface area contributed by atoms with Crippen molar-refractivity contribution in [1.82, 2.24) is 0 Å². The maximum absolute atomic E-state index is 5.16. The SMILES string of the molecule is COc1ccc2c(c1)C(C)(C)[C]=N2. The van der Waals surface area contributed by atoms with Crippen LogP contribution in [0.4, 0.5) is 5.69 Å². The van der Waals surface area contributed by atoms with Gasteiger partial charge in [-0.3, -0.25) is 4.99 Å². The molecule has 0 saturated carbocycles. The number of nitrogens with zero attached hydrogens (tertiary/aromatic N) is 1. The van der Waals surface area contributed by atoms with E-state index in [1.807, 2.05) is 18.2 Å². The fourth-order valence-corrected chi connectivity index (χ4v) is 1.50. The average molecular weight is 174 g/mol. The van der Waals surface area contributed by atoms with Crippen molar-refractivity contribution in [3.63, 3.8) is 0 Å². The van der Waals surface area contributed by atoms with E-state index < -0.39 is 0 Å². The van der Waals surface area contributed by atoms with Crippen LogP contribution in [0.25, 0.3) is 0 Å². The van der Waals surface area contributed by atoms with Crippen LogP contribution in [-0.2, 0) is 5.41 Å². The van der Waals surface area contributed by atoms with E-state index in [1.54, 1.807) is 7.11 Å². The largest absolute Gasteiger partial charge is 0.497 e. The van der Waals surface area contributed by atoms with Crippen molar-refractivity contribution in [3.05, 3.63) is 23.8 Å². The molecule has 0 amide bonds. The molecule has 1 aromatic rings. The molecule has 2 heteroatoms. The van der Waals surface area contributed by atoms with Gasteiger partial charge in [0.15, 0.2) is 0 Å². The van der Waals surface area contributed by atoms with Gasteiger partial charge in [0.1, 0.15) is 5.75 Å². The van der Waals surface area contributed by atoms with E-state index in [0.717, 1.165) is 11.4 Å². The molecule has 2 nitrogen and oxygen atoms in total. The number of fused-ring (bicyclic) bond motifs is 1. The molecule has 0 aromatic heterocycles. The van der Waals surface area contributed by atoms with Gasteiger partial charge in [-0.1, -0.05) is 13.8 Å². The number of methoxy groups -OCH3 is 1. The Hall–Kier alpha value is -1.31. The molecular weight excluding hydrogens is 162 g/mol. The highest BCUT2D eigenvalue weighted by Gasteiger charge is 2.27. The topological polar surface area (TPSA) is 21.6 Å². The first-order valence-corrected chi connectivity index (χ1v) is 4.30. The highest BCUT2D eigenvalue weighted by atomic mass is 16.5. The van der Waals surface area contributed by atoms with Crippen molar-refractivity contribution in [2.75, 3.05) is 7.11 Å². The lowest BCUT2D eigenvalue weighted by Crippen LogP contribution is -2.14. The molecule has 0 aliphatic carbocycles. The summed E-state index contributed by atoms with van der Waals surface area (Å²) < 4.78 is 5.16. The second kappa shape index (κ2) is 2.59. The average Bonchev–Trinajstić information content (AvgIpc) is 2.42. The zero-order chi connectivity index (χ0) is 9.47. The number of aliphatic imine (C=N–C) groups is 1. The number of hydrogen-bond donors (Lipinski definition) is 0. The molecule has 1 aliphatic rings. The summed E-state index contributed by atoms with van der Waals surface area (Å²) in [6, 6.07) is 5.92. The van der Waals surface area contributed by atoms with Crippen LogP contribution in [0.3, 0.4) is 0 Å². The molecule has 0 spiro atoms. The Morgan fingerprint density at radius 3 is 2.85 bits per heavy atom. The summed E-state index contributed by atoms with van der Waals surface area (Å²) in [6.07, 6.45) is 3.08. The first-order chi connectivity index (χ1) is 6.13. The maximum atomic E-state index is 5.16. The lowest BCUT2D eigenvalue weighted by molar-refractivity contribution is 0.414. The third kappa shape index (κ3) is 1.22. The van der Waals surface area contributed by atoms with E-state index >= 15 is 0 Å². The zero-order valence-electron chi connectivity index (χ0n) is 8.09. The Morgan fingerprint density at radius 2 is 2.15 bits per heavy atom. The second-order valence-corrected chi connectivity index (χ2v) is 3.73. The molecule has 2 rings (SSSR count). The molecule has 1 aromatic carbocycles. The molecule has 0 fully saturated rings. The predicted molar refractivity (Wildman–Crippen MR) is 53.1 cm³/mol. The van der Waals surface area contributed by atoms with Gasteiger partial charge in [-0.15, -0.1) is 0 Å². The molecule has 0 bridgehead atoms. The number of ether oxygens (including phenoxy) is 1. The molecule has 0 unspecified atom stereocenters. The molecule has 1 radical (unpaired) electrons. The van der Waals surface area contributed by atoms with Crippen LogP contribution in [0.2, 0.25) is 0 Å². The summed E-state index contributed by atoms with van der Waals surface area (Å²) in [5.41, 5.74) is 2.11. The molecule has 0 saturated heterocycles. The lowest BCUT2D eigenvalue weighted by atomic mass is 9.87. The zero-order valence-corrected chi connectivity index (χ0v) is 8.09. The Labute approximate surface area is 78.3 Å². The molecule has 1 heterocycles. The standard InChI is InChI=1S/C11H12NO/c1-11(2)7-12-10-5-4-8(13-3)6-9(10)11/h4-6H,1-3H3. The Morgan fingerprint density at radius 1 is 1.38 bits per heavy atom. The van der Waals surface area contributed by atoms with Gasteiger partial charge in [-0.2, -0.15) is 0 Å². The monoisotopic (exact) mass is 174 g/mol. The van der Waals surface area contributed by atoms with Crippen molar-refractivity contribution >= 4 is 11.9 Å². The van der Waals surface area contributed by atoms with E-state index in [9.17, 15) is 0 Å². The molecule has 67 valence electrons. The lowest BCUT2D eigenvalue weighted by Gasteiger charge is -2.15. The third-order valence-corrected chi connectivity index (χ3v) is 2.33. The van der Waals surface area contributed by atoms with Crippen LogP contribution in [0.1, 0.15) is 19.4 Å². The number of rotatable bonds is 1. The van der Waals surface area contributed by atoms with E-state index in [4.69, 9.17) is 4.74 Å². The summed E-state index contributed by atoms with van der Waals surface area (Å²) in [5, 5.41) is 0. The van der Waals surface area contributed by atoms with Crippen molar-refractivity contribution < 1.29 is 4.74 Å². The van der Waals surface area contributed by atoms with E-state index in [1.165, 1.54) is 5.56 Å². The molecular formula is C11H12NO. The number of benzene rings is 1. The van der Waals surface area contributed by atoms with E-state index in [0.29, 0.717) is 0 Å². The Kier molecular flexibility index (Phi) is 1.65. The first-order valence-electron chi connectivity index (χ1n) is 4.30. The van der Waals surface area contributed by atoms with Crippen molar-refractivity contribution in [1.29, 1.82) is 0 Å². The summed E-state index contributed by atoms with van der Waals surface area (Å²) in [4.78, 5) is 4.22. The third-order valence-electron chi connectivity index (χ3n) is 2.33. The van der Waals surface area contributed by atoms with Gasteiger partial charge in [0.05, 0.1) is 19.0 Å². The molecule has 0 atom stereocenters. The summed E-state index contributed by atoms with van der Waals surface area (Å²) >= 11 is 0. The van der Waals surface area contributed by atoms with Crippen LogP contribution >= 0.6 is 0 Å². The minimum Gasteiger partial charge on any atom is -0.497 e. The second-order valence-electron chi connectivity index (χ2n) is 3.73. The smallest absolute Gasteiger partial charge is 0.119 e. The fraction of sp³-hybridized carbons (Fsp3) is 0.364. The summed E-state index contributed by atoms with van der Waals surface area (Å²) in [6.45, 7) is 4.20. The van der Waals surface area contributed by atoms with Gasteiger partial charge in [-0.05, 0) is 23.8 Å². The van der Waals surface area contributed by atoms with Crippen molar-refractivity contribution in [3.8, 4) is 5.75 Å². The van der Waals surface area contributed by atoms with E-state index in [2.05, 4.69) is 25.1 Å². The van der Waals surface area contributed by atoms with Gasteiger partial charge >= 0.3 is 0 Å². The molecule has 0 N–H and O–H groups in total. The van der Waals surface area contributed by atoms with Gasteiger partial charge in [0, 0.05) is 5.41 Å². The highest BCUT2D eigenvalue weighted by molar-refractivity contribution is 5.84. The normalized spacial score (nSPS) is 17.2. The number of hydrogen-bond acceptors (Lipinski definition) is 2. The predicted octanol–water partition coefficient (Wildman–Crippen LogP) is 2.57. The van der Waals surface area contributed by atoms with Crippen molar-refractivity contribution in [2.24, 2.45) is 4.99 Å². The molecule has 1 aliphatic heterocycles. The van der Waals surface area contributed by atoms with Gasteiger partial charge in [0.2, 0.25) is 0 Å². The Bertz CT molecular complexity index is 366. The van der Waals surface area contributed by atoms with Crippen LogP contribution in [0.5, 0.6) is 5.75 Å². The molecule has 13 heavy (non-hydrogen) atoms. The Balaban J connectivity index is 2.54. The van der Waals surface area contributed by atoms with Gasteiger partial charge in [0.25, 0.3) is 0 Å². The minimum atomic E-state index is -0.0795. The van der Waals surface area contributed by atoms with Crippen LogP contribution < -0.4 is 4.74 Å². The van der Waals surface area contributed by atoms with Crippen LogP contribution in [-0.4, -0.2) is 13.3 Å². The van der Waals surface area contributed by atoms with Crippen LogP contribution in [0, 0.1) is 0 Å². The van der Waals surface area contributed by atoms with Gasteiger partial charge in [-0.25, -0.2) is 0 Å². The minimum absolute atomic E-state index is 0.0795.